The fraction of sp³-hybridized carbons (Fsp3) is 0.579. The van der Waals surface area contributed by atoms with Gasteiger partial charge in [-0.1, -0.05) is 50.6 Å². The number of benzene rings is 1. The molecule has 0 saturated carbocycles. The molecule has 0 amide bonds. The van der Waals surface area contributed by atoms with Gasteiger partial charge in [-0.05, 0) is 36.7 Å². The lowest BCUT2D eigenvalue weighted by Gasteiger charge is -2.39. The minimum absolute atomic E-state index is 0.0211. The maximum absolute atomic E-state index is 9.56. The van der Waals surface area contributed by atoms with Crippen LogP contribution in [0, 0.1) is 6.92 Å². The van der Waals surface area contributed by atoms with Gasteiger partial charge in [0.2, 0.25) is 8.32 Å². The highest BCUT2D eigenvalue weighted by molar-refractivity contribution is 6.74. The summed E-state index contributed by atoms with van der Waals surface area (Å²) in [5.74, 6) is 0.965. The molecule has 2 rings (SSSR count). The Balaban J connectivity index is 2.20. The van der Waals surface area contributed by atoms with E-state index in [0.29, 0.717) is 0 Å². The van der Waals surface area contributed by atoms with E-state index >= 15 is 0 Å². The molecule has 0 aromatic heterocycles. The molecule has 0 fully saturated rings. The van der Waals surface area contributed by atoms with Crippen LogP contribution in [-0.4, -0.2) is 26.1 Å². The molecule has 4 heteroatoms. The molecule has 0 unspecified atom stereocenters. The Morgan fingerprint density at radius 3 is 2.35 bits per heavy atom. The van der Waals surface area contributed by atoms with Gasteiger partial charge in [0.25, 0.3) is 0 Å². The molecule has 1 aliphatic rings. The van der Waals surface area contributed by atoms with Crippen molar-refractivity contribution in [3.05, 3.63) is 47.2 Å². The number of hydrogen-bond donors (Lipinski definition) is 1. The fourth-order valence-corrected chi connectivity index (χ4v) is 3.50. The van der Waals surface area contributed by atoms with E-state index in [9.17, 15) is 5.11 Å². The van der Waals surface area contributed by atoms with Gasteiger partial charge in [0.1, 0.15) is 6.10 Å². The highest BCUT2D eigenvalue weighted by Gasteiger charge is 2.40. The standard InChI is InChI=1S/C19H30O3Si/c1-14-7-9-15(10-8-14)18-12-16(11-17(13-20)21-18)22-23(5,6)19(2,3)4/h7-11,17-18,20H,12-13H2,1-6H3/t17-,18+/m1/s1. The number of aliphatic hydroxyl groups excluding tert-OH is 1. The van der Waals surface area contributed by atoms with Crippen LogP contribution < -0.4 is 0 Å². The summed E-state index contributed by atoms with van der Waals surface area (Å²) in [5.41, 5.74) is 2.37. The maximum Gasteiger partial charge on any atom is 0.250 e. The second-order valence-corrected chi connectivity index (χ2v) is 12.7. The zero-order chi connectivity index (χ0) is 17.3. The Kier molecular flexibility index (Phi) is 5.39. The van der Waals surface area contributed by atoms with E-state index < -0.39 is 8.32 Å². The van der Waals surface area contributed by atoms with Crippen LogP contribution in [0.3, 0.4) is 0 Å². The van der Waals surface area contributed by atoms with Gasteiger partial charge in [-0.2, -0.15) is 0 Å². The van der Waals surface area contributed by atoms with Gasteiger partial charge in [0, 0.05) is 6.42 Å². The van der Waals surface area contributed by atoms with Crippen molar-refractivity contribution in [2.24, 2.45) is 0 Å². The number of hydrogen-bond acceptors (Lipinski definition) is 3. The first kappa shape index (κ1) is 18.2. The van der Waals surface area contributed by atoms with Crippen molar-refractivity contribution in [1.82, 2.24) is 0 Å². The Hall–Kier alpha value is -1.10. The SMILES string of the molecule is Cc1ccc([C@@H]2CC(O[Si](C)(C)C(C)(C)C)=C[C@H](CO)O2)cc1. The predicted octanol–water partition coefficient (Wildman–Crippen LogP) is 4.72. The average Bonchev–Trinajstić information content (AvgIpc) is 2.46. The van der Waals surface area contributed by atoms with Crippen molar-refractivity contribution in [3.63, 3.8) is 0 Å². The largest absolute Gasteiger partial charge is 0.547 e. The van der Waals surface area contributed by atoms with Crippen LogP contribution in [0.4, 0.5) is 0 Å². The number of aliphatic hydroxyl groups is 1. The zero-order valence-electron chi connectivity index (χ0n) is 15.2. The van der Waals surface area contributed by atoms with Gasteiger partial charge in [0.05, 0.1) is 18.5 Å². The molecular formula is C19H30O3Si. The predicted molar refractivity (Wildman–Crippen MR) is 96.9 cm³/mol. The van der Waals surface area contributed by atoms with Crippen molar-refractivity contribution in [3.8, 4) is 0 Å². The summed E-state index contributed by atoms with van der Waals surface area (Å²) in [7, 11) is -1.88. The lowest BCUT2D eigenvalue weighted by molar-refractivity contribution is -0.0321. The number of aryl methyl sites for hydroxylation is 1. The molecule has 1 aromatic rings. The Labute approximate surface area is 141 Å². The third kappa shape index (κ3) is 4.46. The summed E-state index contributed by atoms with van der Waals surface area (Å²) in [6.45, 7) is 13.3. The van der Waals surface area contributed by atoms with Crippen molar-refractivity contribution >= 4 is 8.32 Å². The second-order valence-electron chi connectivity index (χ2n) is 7.96. The summed E-state index contributed by atoms with van der Waals surface area (Å²) in [5, 5.41) is 9.71. The molecule has 0 aliphatic carbocycles. The van der Waals surface area contributed by atoms with Crippen LogP contribution in [0.1, 0.15) is 44.4 Å². The Morgan fingerprint density at radius 2 is 1.83 bits per heavy atom. The van der Waals surface area contributed by atoms with Gasteiger partial charge in [0.15, 0.2) is 0 Å². The smallest absolute Gasteiger partial charge is 0.250 e. The summed E-state index contributed by atoms with van der Waals surface area (Å²) in [4.78, 5) is 0. The van der Waals surface area contributed by atoms with Gasteiger partial charge in [-0.15, -0.1) is 0 Å². The van der Waals surface area contributed by atoms with E-state index in [-0.39, 0.29) is 23.9 Å². The molecular weight excluding hydrogens is 304 g/mol. The summed E-state index contributed by atoms with van der Waals surface area (Å²) >= 11 is 0. The molecule has 1 aliphatic heterocycles. The molecule has 2 atom stereocenters. The monoisotopic (exact) mass is 334 g/mol. The highest BCUT2D eigenvalue weighted by Crippen LogP contribution is 2.41. The fourth-order valence-electron chi connectivity index (χ4n) is 2.39. The Bertz CT molecular complexity index is 555. The van der Waals surface area contributed by atoms with Gasteiger partial charge in [-0.3, -0.25) is 0 Å². The van der Waals surface area contributed by atoms with Crippen molar-refractivity contribution in [2.45, 2.75) is 64.5 Å². The minimum Gasteiger partial charge on any atom is -0.547 e. The van der Waals surface area contributed by atoms with Crippen molar-refractivity contribution < 1.29 is 14.3 Å². The molecule has 1 heterocycles. The first-order valence-electron chi connectivity index (χ1n) is 8.35. The Morgan fingerprint density at radius 1 is 1.22 bits per heavy atom. The van der Waals surface area contributed by atoms with E-state index in [2.05, 4.69) is 65.1 Å². The van der Waals surface area contributed by atoms with E-state index in [0.717, 1.165) is 17.7 Å². The van der Waals surface area contributed by atoms with Crippen LogP contribution in [0.2, 0.25) is 18.1 Å². The molecule has 23 heavy (non-hydrogen) atoms. The maximum atomic E-state index is 9.56. The molecule has 3 nitrogen and oxygen atoms in total. The van der Waals surface area contributed by atoms with E-state index in [1.54, 1.807) is 0 Å². The lowest BCUT2D eigenvalue weighted by atomic mass is 10.0. The van der Waals surface area contributed by atoms with Crippen LogP contribution in [0.5, 0.6) is 0 Å². The highest BCUT2D eigenvalue weighted by atomic mass is 28.4. The number of rotatable bonds is 4. The lowest BCUT2D eigenvalue weighted by Crippen LogP contribution is -2.41. The summed E-state index contributed by atoms with van der Waals surface area (Å²) in [6.07, 6.45) is 2.32. The molecule has 1 aromatic carbocycles. The minimum atomic E-state index is -1.88. The summed E-state index contributed by atoms with van der Waals surface area (Å²) in [6, 6.07) is 8.39. The normalized spacial score (nSPS) is 22.7. The molecule has 1 N–H and O–H groups in total. The van der Waals surface area contributed by atoms with Crippen LogP contribution in [0.25, 0.3) is 0 Å². The molecule has 128 valence electrons. The van der Waals surface area contributed by atoms with Crippen LogP contribution in [-0.2, 0) is 9.16 Å². The number of ether oxygens (including phenoxy) is 1. The molecule has 0 spiro atoms. The summed E-state index contributed by atoms with van der Waals surface area (Å²) < 4.78 is 12.5. The third-order valence-corrected chi connectivity index (χ3v) is 9.30. The van der Waals surface area contributed by atoms with E-state index in [1.807, 2.05) is 6.08 Å². The second kappa shape index (κ2) is 6.79. The topological polar surface area (TPSA) is 38.7 Å². The van der Waals surface area contributed by atoms with Gasteiger partial charge >= 0.3 is 0 Å². The zero-order valence-corrected chi connectivity index (χ0v) is 16.2. The van der Waals surface area contributed by atoms with Crippen LogP contribution in [0.15, 0.2) is 36.1 Å². The molecule has 0 saturated heterocycles. The van der Waals surface area contributed by atoms with E-state index in [4.69, 9.17) is 9.16 Å². The van der Waals surface area contributed by atoms with Gasteiger partial charge < -0.3 is 14.3 Å². The van der Waals surface area contributed by atoms with Gasteiger partial charge in [-0.25, -0.2) is 0 Å². The average molecular weight is 335 g/mol. The first-order valence-corrected chi connectivity index (χ1v) is 11.3. The third-order valence-electron chi connectivity index (χ3n) is 4.92. The van der Waals surface area contributed by atoms with Crippen molar-refractivity contribution in [2.75, 3.05) is 6.61 Å². The van der Waals surface area contributed by atoms with Crippen LogP contribution >= 0.6 is 0 Å². The van der Waals surface area contributed by atoms with Crippen molar-refractivity contribution in [1.29, 1.82) is 0 Å². The van der Waals surface area contributed by atoms with E-state index in [1.165, 1.54) is 5.56 Å². The quantitative estimate of drug-likeness (QED) is 0.810. The first-order chi connectivity index (χ1) is 10.6. The molecule has 0 radical (unpaired) electrons. The molecule has 0 bridgehead atoms.